The van der Waals surface area contributed by atoms with E-state index in [9.17, 15) is 9.59 Å². The number of amides is 2. The van der Waals surface area contributed by atoms with Crippen LogP contribution in [0.3, 0.4) is 0 Å². The minimum absolute atomic E-state index is 0.0371. The van der Waals surface area contributed by atoms with Crippen molar-refractivity contribution < 1.29 is 14.3 Å². The maximum Gasteiger partial charge on any atom is 0.239 e. The van der Waals surface area contributed by atoms with Crippen molar-refractivity contribution in [2.75, 3.05) is 33.7 Å². The highest BCUT2D eigenvalue weighted by molar-refractivity contribution is 6.30. The van der Waals surface area contributed by atoms with Crippen LogP contribution in [0.1, 0.15) is 31.7 Å². The molecule has 0 aliphatic carbocycles. The van der Waals surface area contributed by atoms with Gasteiger partial charge in [0.05, 0.1) is 18.2 Å². The van der Waals surface area contributed by atoms with Crippen LogP contribution >= 0.6 is 11.6 Å². The minimum Gasteiger partial charge on any atom is -0.373 e. The second kappa shape index (κ2) is 9.25. The number of hydrogen-bond donors (Lipinski definition) is 0. The highest BCUT2D eigenvalue weighted by Crippen LogP contribution is 2.27. The highest BCUT2D eigenvalue weighted by Gasteiger charge is 2.39. The molecule has 2 amide bonds. The highest BCUT2D eigenvalue weighted by atomic mass is 35.5. The first-order valence-corrected chi connectivity index (χ1v) is 10.3. The van der Waals surface area contributed by atoms with Crippen LogP contribution in [0.2, 0.25) is 5.02 Å². The standard InChI is InChI=1S/C21H30ClN3O3/c1-15(26)24-10-8-18(9-11-24)28-19-12-20(21(27)23(2)3)25(14-19)13-16-4-6-17(22)7-5-16/h4-7,18-20H,8-14H2,1-3H3/t19-,20-/m0/s1. The summed E-state index contributed by atoms with van der Waals surface area (Å²) in [6.07, 6.45) is 2.62. The second-order valence-electron chi connectivity index (χ2n) is 8.00. The Morgan fingerprint density at radius 1 is 1.14 bits per heavy atom. The Morgan fingerprint density at radius 2 is 1.79 bits per heavy atom. The number of likely N-dealkylation sites (N-methyl/N-ethyl adjacent to an activating group) is 1. The molecule has 1 aromatic carbocycles. The van der Waals surface area contributed by atoms with Crippen molar-refractivity contribution in [2.24, 2.45) is 0 Å². The lowest BCUT2D eigenvalue weighted by atomic mass is 10.1. The molecule has 0 spiro atoms. The van der Waals surface area contributed by atoms with Crippen LogP contribution in [-0.4, -0.2) is 78.5 Å². The fourth-order valence-corrected chi connectivity index (χ4v) is 4.22. The zero-order chi connectivity index (χ0) is 20.3. The van der Waals surface area contributed by atoms with Gasteiger partial charge in [0.15, 0.2) is 0 Å². The number of halogens is 1. The van der Waals surface area contributed by atoms with E-state index in [2.05, 4.69) is 4.90 Å². The molecule has 2 fully saturated rings. The van der Waals surface area contributed by atoms with Gasteiger partial charge in [-0.05, 0) is 37.0 Å². The summed E-state index contributed by atoms with van der Waals surface area (Å²) in [4.78, 5) is 30.0. The molecule has 1 aromatic rings. The molecule has 0 bridgehead atoms. The van der Waals surface area contributed by atoms with E-state index in [0.717, 1.165) is 38.0 Å². The molecular formula is C21H30ClN3O3. The zero-order valence-corrected chi connectivity index (χ0v) is 17.7. The van der Waals surface area contributed by atoms with Crippen molar-refractivity contribution in [3.63, 3.8) is 0 Å². The number of likely N-dealkylation sites (tertiary alicyclic amines) is 2. The van der Waals surface area contributed by atoms with Gasteiger partial charge in [-0.25, -0.2) is 0 Å². The van der Waals surface area contributed by atoms with E-state index >= 15 is 0 Å². The molecule has 2 saturated heterocycles. The first-order chi connectivity index (χ1) is 13.3. The van der Waals surface area contributed by atoms with E-state index in [1.165, 1.54) is 0 Å². The largest absolute Gasteiger partial charge is 0.373 e. The monoisotopic (exact) mass is 407 g/mol. The van der Waals surface area contributed by atoms with E-state index in [0.29, 0.717) is 18.0 Å². The number of nitrogens with zero attached hydrogens (tertiary/aromatic N) is 3. The smallest absolute Gasteiger partial charge is 0.239 e. The molecule has 2 atom stereocenters. The lowest BCUT2D eigenvalue weighted by molar-refractivity contribution is -0.134. The number of rotatable bonds is 5. The van der Waals surface area contributed by atoms with Crippen molar-refractivity contribution in [3.05, 3.63) is 34.9 Å². The van der Waals surface area contributed by atoms with Gasteiger partial charge in [0.25, 0.3) is 0 Å². The summed E-state index contributed by atoms with van der Waals surface area (Å²) < 4.78 is 6.36. The summed E-state index contributed by atoms with van der Waals surface area (Å²) in [5.41, 5.74) is 1.14. The molecule has 0 radical (unpaired) electrons. The van der Waals surface area contributed by atoms with Crippen LogP contribution in [0, 0.1) is 0 Å². The normalized spacial score (nSPS) is 23.8. The number of piperidine rings is 1. The third kappa shape index (κ3) is 5.25. The molecule has 0 N–H and O–H groups in total. The Labute approximate surface area is 172 Å². The molecule has 7 heteroatoms. The molecule has 0 saturated carbocycles. The molecule has 0 aromatic heterocycles. The third-order valence-electron chi connectivity index (χ3n) is 5.66. The Morgan fingerprint density at radius 3 is 2.36 bits per heavy atom. The summed E-state index contributed by atoms with van der Waals surface area (Å²) in [6.45, 7) is 4.55. The first kappa shape index (κ1) is 21.1. The maximum atomic E-state index is 12.7. The van der Waals surface area contributed by atoms with E-state index in [1.54, 1.807) is 25.9 Å². The molecule has 2 heterocycles. The quantitative estimate of drug-likeness (QED) is 0.752. The topological polar surface area (TPSA) is 53.1 Å². The van der Waals surface area contributed by atoms with Crippen LogP contribution < -0.4 is 0 Å². The summed E-state index contributed by atoms with van der Waals surface area (Å²) in [6, 6.07) is 7.60. The Bertz CT molecular complexity index is 687. The lowest BCUT2D eigenvalue weighted by Crippen LogP contribution is -2.42. The maximum absolute atomic E-state index is 12.7. The number of ether oxygens (including phenoxy) is 1. The molecular weight excluding hydrogens is 378 g/mol. The van der Waals surface area contributed by atoms with Crippen molar-refractivity contribution in [1.82, 2.24) is 14.7 Å². The molecule has 3 rings (SSSR count). The minimum atomic E-state index is -0.173. The Balaban J connectivity index is 1.62. The van der Waals surface area contributed by atoms with Gasteiger partial charge >= 0.3 is 0 Å². The van der Waals surface area contributed by atoms with Gasteiger partial charge in [-0.2, -0.15) is 0 Å². The van der Waals surface area contributed by atoms with Crippen LogP contribution in [0.5, 0.6) is 0 Å². The fraction of sp³-hybridized carbons (Fsp3) is 0.619. The van der Waals surface area contributed by atoms with Crippen molar-refractivity contribution in [1.29, 1.82) is 0 Å². The molecule has 28 heavy (non-hydrogen) atoms. The van der Waals surface area contributed by atoms with E-state index in [1.807, 2.05) is 29.2 Å². The second-order valence-corrected chi connectivity index (χ2v) is 8.44. The third-order valence-corrected chi connectivity index (χ3v) is 5.91. The van der Waals surface area contributed by atoms with Crippen molar-refractivity contribution in [2.45, 2.75) is 51.0 Å². The van der Waals surface area contributed by atoms with Gasteiger partial charge in [0, 0.05) is 52.2 Å². The van der Waals surface area contributed by atoms with Crippen LogP contribution in [0.25, 0.3) is 0 Å². The van der Waals surface area contributed by atoms with Gasteiger partial charge < -0.3 is 14.5 Å². The fourth-order valence-electron chi connectivity index (χ4n) is 4.09. The predicted molar refractivity (Wildman–Crippen MR) is 109 cm³/mol. The number of carbonyl (C=O) groups excluding carboxylic acids is 2. The predicted octanol–water partition coefficient (Wildman–Crippen LogP) is 2.40. The van der Waals surface area contributed by atoms with Gasteiger partial charge in [-0.15, -0.1) is 0 Å². The SMILES string of the molecule is CC(=O)N1CCC(O[C@H]2C[C@@H](C(=O)N(C)C)N(Cc3ccc(Cl)cc3)C2)CC1. The van der Waals surface area contributed by atoms with Gasteiger partial charge in [0.1, 0.15) is 0 Å². The Hall–Kier alpha value is -1.63. The van der Waals surface area contributed by atoms with Crippen LogP contribution in [0.4, 0.5) is 0 Å². The van der Waals surface area contributed by atoms with Crippen molar-refractivity contribution in [3.8, 4) is 0 Å². The average Bonchev–Trinajstić information content (AvgIpc) is 3.05. The lowest BCUT2D eigenvalue weighted by Gasteiger charge is -2.32. The van der Waals surface area contributed by atoms with Gasteiger partial charge in [0.2, 0.25) is 11.8 Å². The summed E-state index contributed by atoms with van der Waals surface area (Å²) in [7, 11) is 3.60. The van der Waals surface area contributed by atoms with Crippen LogP contribution in [-0.2, 0) is 20.9 Å². The average molecular weight is 408 g/mol. The van der Waals surface area contributed by atoms with Crippen molar-refractivity contribution >= 4 is 23.4 Å². The summed E-state index contributed by atoms with van der Waals surface area (Å²) in [5, 5.41) is 0.712. The molecule has 154 valence electrons. The molecule has 0 unspecified atom stereocenters. The summed E-state index contributed by atoms with van der Waals surface area (Å²) >= 11 is 5.99. The van der Waals surface area contributed by atoms with Gasteiger partial charge in [-0.1, -0.05) is 23.7 Å². The molecule has 6 nitrogen and oxygen atoms in total. The van der Waals surface area contributed by atoms with E-state index < -0.39 is 0 Å². The van der Waals surface area contributed by atoms with Crippen LogP contribution in [0.15, 0.2) is 24.3 Å². The van der Waals surface area contributed by atoms with E-state index in [4.69, 9.17) is 16.3 Å². The summed E-state index contributed by atoms with van der Waals surface area (Å²) in [5.74, 6) is 0.247. The Kier molecular flexibility index (Phi) is 6.96. The van der Waals surface area contributed by atoms with E-state index in [-0.39, 0.29) is 30.1 Å². The molecule has 2 aliphatic rings. The number of carbonyl (C=O) groups is 2. The number of hydrogen-bond acceptors (Lipinski definition) is 4. The van der Waals surface area contributed by atoms with Gasteiger partial charge in [-0.3, -0.25) is 14.5 Å². The molecule has 2 aliphatic heterocycles. The zero-order valence-electron chi connectivity index (χ0n) is 16.9. The first-order valence-electron chi connectivity index (χ1n) is 9.94. The number of benzene rings is 1.